The third-order valence-electron chi connectivity index (χ3n) is 13.2. The molecule has 0 unspecified atom stereocenters. The topological polar surface area (TPSA) is 51.8 Å². The third kappa shape index (κ3) is 9.55. The van der Waals surface area contributed by atoms with Crippen LogP contribution in [0.15, 0.2) is 199 Å². The highest BCUT2D eigenvalue weighted by molar-refractivity contribution is 6.06. The molecule has 4 aromatic heterocycles. The Morgan fingerprint density at radius 2 is 1.01 bits per heavy atom. The van der Waals surface area contributed by atoms with Crippen LogP contribution in [0.2, 0.25) is 0 Å². The largest absolute Gasteiger partial charge is 0.456 e. The standard InChI is InChI=1S/C64H59N3O/c1-43(2)50-24-28-55-57-35-51(25-31-61(57)68-62(55)36-50)56-37-60(49-20-14-9-15-21-49)65-40-52(56)23-22-44-32-45(38-63(3,4)53-26-29-58(66-41-53)47-16-10-7-11-17-47)34-46(33-44)39-64(5,6)54-27-30-59(67-42-54)48-18-12-8-13-19-48/h7-21,24-37,40-43H,22-23,38-39H2,1-6H3/i22D2,23D2,36D. The molecule has 0 aliphatic heterocycles. The fourth-order valence-corrected chi connectivity index (χ4v) is 9.34. The first kappa shape index (κ1) is 38.7. The summed E-state index contributed by atoms with van der Waals surface area (Å²) >= 11 is 0. The minimum Gasteiger partial charge on any atom is -0.456 e. The van der Waals surface area contributed by atoms with Gasteiger partial charge in [-0.05, 0) is 129 Å². The Morgan fingerprint density at radius 3 is 1.54 bits per heavy atom. The maximum Gasteiger partial charge on any atom is 0.135 e. The molecule has 0 aliphatic carbocycles. The van der Waals surface area contributed by atoms with Crippen LogP contribution in [0.25, 0.3) is 66.8 Å². The van der Waals surface area contributed by atoms with Gasteiger partial charge in [0.1, 0.15) is 11.2 Å². The Bertz CT molecular complexity index is 3470. The van der Waals surface area contributed by atoms with Gasteiger partial charge in [0.25, 0.3) is 0 Å². The lowest BCUT2D eigenvalue weighted by molar-refractivity contribution is 0.512. The van der Waals surface area contributed by atoms with Gasteiger partial charge in [-0.1, -0.05) is 181 Å². The molecule has 0 N–H and O–H groups in total. The van der Waals surface area contributed by atoms with E-state index in [2.05, 4.69) is 96.1 Å². The molecule has 10 rings (SSSR count). The number of furan rings is 1. The average Bonchev–Trinajstić information content (AvgIpc) is 3.78. The number of rotatable bonds is 14. The molecule has 4 heterocycles. The van der Waals surface area contributed by atoms with Crippen molar-refractivity contribution >= 4 is 21.9 Å². The Kier molecular flexibility index (Phi) is 10.6. The summed E-state index contributed by atoms with van der Waals surface area (Å²) in [6, 6.07) is 56.1. The van der Waals surface area contributed by atoms with Crippen LogP contribution >= 0.6 is 0 Å². The van der Waals surface area contributed by atoms with Crippen LogP contribution in [0.1, 0.15) is 93.3 Å². The van der Waals surface area contributed by atoms with E-state index >= 15 is 0 Å². The van der Waals surface area contributed by atoms with Crippen LogP contribution in [0.3, 0.4) is 0 Å². The fourth-order valence-electron chi connectivity index (χ4n) is 9.34. The second-order valence-electron chi connectivity index (χ2n) is 19.6. The molecule has 0 aliphatic rings. The van der Waals surface area contributed by atoms with Crippen LogP contribution in [-0.2, 0) is 36.4 Å². The summed E-state index contributed by atoms with van der Waals surface area (Å²) < 4.78 is 55.6. The van der Waals surface area contributed by atoms with Gasteiger partial charge in [0.05, 0.1) is 18.5 Å². The molecule has 6 aromatic carbocycles. The molecule has 0 radical (unpaired) electrons. The molecule has 0 bridgehead atoms. The van der Waals surface area contributed by atoms with Gasteiger partial charge in [-0.2, -0.15) is 0 Å². The van der Waals surface area contributed by atoms with Crippen molar-refractivity contribution < 1.29 is 11.3 Å². The number of hydrogen-bond acceptors (Lipinski definition) is 4. The van der Waals surface area contributed by atoms with Crippen molar-refractivity contribution in [3.8, 4) is 44.9 Å². The van der Waals surface area contributed by atoms with E-state index < -0.39 is 23.6 Å². The number of aromatic nitrogens is 3. The Balaban J connectivity index is 1.07. The van der Waals surface area contributed by atoms with Gasteiger partial charge in [-0.25, -0.2) is 0 Å². The van der Waals surface area contributed by atoms with E-state index in [0.29, 0.717) is 46.9 Å². The molecule has 0 saturated carbocycles. The monoisotopic (exact) mass is 890 g/mol. The minimum absolute atomic E-state index is 0.120. The second kappa shape index (κ2) is 18.7. The molecule has 0 amide bonds. The maximum atomic E-state index is 10.1. The maximum absolute atomic E-state index is 10.1. The summed E-state index contributed by atoms with van der Waals surface area (Å²) in [4.78, 5) is 14.6. The first-order chi connectivity index (χ1) is 34.9. The highest BCUT2D eigenvalue weighted by atomic mass is 16.3. The first-order valence-electron chi connectivity index (χ1n) is 26.1. The first-order valence-corrected chi connectivity index (χ1v) is 23.6. The molecule has 10 aromatic rings. The summed E-state index contributed by atoms with van der Waals surface area (Å²) in [6.45, 7) is 12.8. The SMILES string of the molecule is [2H]c1c(C(C)C)ccc2c1oc1ccc(-c3cc(-c4ccccc4)ncc3C([2H])([2H])C([2H])([2H])c3cc(CC(C)(C)c4ccc(-c5ccccc5)nc4)cc(CC(C)(C)c4ccc(-c5ccccc5)nc4)c3)cc12. The van der Waals surface area contributed by atoms with Crippen LogP contribution in [0.5, 0.6) is 0 Å². The van der Waals surface area contributed by atoms with Crippen molar-refractivity contribution in [2.45, 2.75) is 83.9 Å². The van der Waals surface area contributed by atoms with Crippen molar-refractivity contribution in [1.82, 2.24) is 15.0 Å². The molecule has 68 heavy (non-hydrogen) atoms. The van der Waals surface area contributed by atoms with E-state index in [0.717, 1.165) is 66.7 Å². The highest BCUT2D eigenvalue weighted by Crippen LogP contribution is 2.38. The van der Waals surface area contributed by atoms with Crippen LogP contribution in [-0.4, -0.2) is 15.0 Å². The zero-order chi connectivity index (χ0) is 51.3. The number of pyridine rings is 3. The van der Waals surface area contributed by atoms with Gasteiger partial charge in [0.15, 0.2) is 0 Å². The zero-order valence-electron chi connectivity index (χ0n) is 44.6. The number of aryl methyl sites for hydroxylation is 2. The van der Waals surface area contributed by atoms with Crippen molar-refractivity contribution in [1.29, 1.82) is 0 Å². The van der Waals surface area contributed by atoms with Gasteiger partial charge in [0.2, 0.25) is 0 Å². The van der Waals surface area contributed by atoms with Gasteiger partial charge in [-0.15, -0.1) is 0 Å². The lowest BCUT2D eigenvalue weighted by Crippen LogP contribution is -2.23. The highest BCUT2D eigenvalue weighted by Gasteiger charge is 2.26. The Hall–Kier alpha value is -7.43. The predicted octanol–water partition coefficient (Wildman–Crippen LogP) is 16.4. The van der Waals surface area contributed by atoms with E-state index in [1.807, 2.05) is 128 Å². The van der Waals surface area contributed by atoms with E-state index in [4.69, 9.17) is 20.7 Å². The van der Waals surface area contributed by atoms with Crippen LogP contribution in [0, 0.1) is 0 Å². The molecule has 0 atom stereocenters. The van der Waals surface area contributed by atoms with E-state index in [-0.39, 0.29) is 17.0 Å². The summed E-state index contributed by atoms with van der Waals surface area (Å²) in [5.41, 5.74) is 11.9. The van der Waals surface area contributed by atoms with Gasteiger partial charge >= 0.3 is 0 Å². The second-order valence-corrected chi connectivity index (χ2v) is 19.6. The van der Waals surface area contributed by atoms with Crippen LogP contribution in [0.4, 0.5) is 0 Å². The third-order valence-corrected chi connectivity index (χ3v) is 13.2. The van der Waals surface area contributed by atoms with Crippen LogP contribution < -0.4 is 0 Å². The summed E-state index contributed by atoms with van der Waals surface area (Å²) in [5.74, 6) is 0.146. The Labute approximate surface area is 408 Å². The van der Waals surface area contributed by atoms with Gasteiger partial charge in [-0.3, -0.25) is 15.0 Å². The quantitative estimate of drug-likeness (QED) is 0.109. The van der Waals surface area contributed by atoms with Crippen molar-refractivity contribution in [2.75, 3.05) is 0 Å². The average molecular weight is 891 g/mol. The van der Waals surface area contributed by atoms with E-state index in [1.165, 1.54) is 6.20 Å². The number of fused-ring (bicyclic) bond motifs is 3. The summed E-state index contributed by atoms with van der Waals surface area (Å²) in [7, 11) is 0. The summed E-state index contributed by atoms with van der Waals surface area (Å²) in [5, 5.41) is 1.59. The number of nitrogens with zero attached hydrogens (tertiary/aromatic N) is 3. The van der Waals surface area contributed by atoms with E-state index in [9.17, 15) is 5.48 Å². The van der Waals surface area contributed by atoms with Crippen molar-refractivity contribution in [3.63, 3.8) is 0 Å². The molecule has 0 spiro atoms. The minimum atomic E-state index is -2.60. The molecule has 0 saturated heterocycles. The van der Waals surface area contributed by atoms with Gasteiger partial charge in [0, 0.05) is 51.5 Å². The smallest absolute Gasteiger partial charge is 0.135 e. The lowest BCUT2D eigenvalue weighted by atomic mass is 9.77. The number of benzene rings is 6. The summed E-state index contributed by atoms with van der Waals surface area (Å²) in [6.07, 6.45) is 1.31. The van der Waals surface area contributed by atoms with Crippen molar-refractivity contribution in [3.05, 3.63) is 233 Å². The fraction of sp³-hybridized carbons (Fsp3) is 0.203. The number of hydrogen-bond donors (Lipinski definition) is 0. The molecule has 4 heteroatoms. The van der Waals surface area contributed by atoms with Crippen molar-refractivity contribution in [2.24, 2.45) is 0 Å². The molecule has 4 nitrogen and oxygen atoms in total. The normalized spacial score (nSPS) is 13.5. The molecule has 336 valence electrons. The van der Waals surface area contributed by atoms with Gasteiger partial charge < -0.3 is 4.42 Å². The van der Waals surface area contributed by atoms with E-state index in [1.54, 1.807) is 0 Å². The predicted molar refractivity (Wildman–Crippen MR) is 283 cm³/mol. The molecular formula is C64H59N3O. The zero-order valence-corrected chi connectivity index (χ0v) is 39.6. The lowest BCUT2D eigenvalue weighted by Gasteiger charge is -2.28. The molecular weight excluding hydrogens is 827 g/mol. The molecule has 0 fully saturated rings. The Morgan fingerprint density at radius 1 is 0.485 bits per heavy atom.